The van der Waals surface area contributed by atoms with Crippen molar-refractivity contribution in [2.75, 3.05) is 0 Å². The fourth-order valence-corrected chi connectivity index (χ4v) is 3.94. The molecule has 0 radical (unpaired) electrons. The summed E-state index contributed by atoms with van der Waals surface area (Å²) in [5.41, 5.74) is 2.68. The summed E-state index contributed by atoms with van der Waals surface area (Å²) < 4.78 is 0. The van der Waals surface area contributed by atoms with Crippen molar-refractivity contribution in [2.45, 2.75) is 57.0 Å². The van der Waals surface area contributed by atoms with Crippen molar-refractivity contribution < 1.29 is 14.4 Å². The molecular formula is C18H20N2O3. The van der Waals surface area contributed by atoms with E-state index in [-0.39, 0.29) is 23.3 Å². The maximum absolute atomic E-state index is 12.9. The van der Waals surface area contributed by atoms with Crippen LogP contribution in [-0.2, 0) is 15.1 Å². The molecule has 1 atom stereocenters. The Bertz CT molecular complexity index is 734. The molecule has 120 valence electrons. The van der Waals surface area contributed by atoms with Crippen molar-refractivity contribution in [1.82, 2.24) is 10.2 Å². The lowest BCUT2D eigenvalue weighted by molar-refractivity contribution is -0.137. The van der Waals surface area contributed by atoms with Crippen molar-refractivity contribution in [3.63, 3.8) is 0 Å². The lowest BCUT2D eigenvalue weighted by Crippen LogP contribution is -2.55. The van der Waals surface area contributed by atoms with Gasteiger partial charge in [0.2, 0.25) is 11.8 Å². The summed E-state index contributed by atoms with van der Waals surface area (Å²) in [7, 11) is 0. The zero-order chi connectivity index (χ0) is 16.4. The van der Waals surface area contributed by atoms with Crippen molar-refractivity contribution >= 4 is 17.7 Å². The van der Waals surface area contributed by atoms with Crippen LogP contribution in [0.15, 0.2) is 18.2 Å². The van der Waals surface area contributed by atoms with Crippen LogP contribution in [0, 0.1) is 0 Å². The van der Waals surface area contributed by atoms with Crippen LogP contribution in [0.4, 0.5) is 0 Å². The molecule has 1 spiro atoms. The summed E-state index contributed by atoms with van der Waals surface area (Å²) in [6, 6.07) is 5.51. The first-order valence-corrected chi connectivity index (χ1v) is 8.26. The summed E-state index contributed by atoms with van der Waals surface area (Å²) in [5.74, 6) is -0.252. The molecule has 1 aromatic carbocycles. The minimum Gasteiger partial charge on any atom is -0.317 e. The number of imide groups is 1. The number of benzene rings is 1. The third-order valence-electron chi connectivity index (χ3n) is 5.37. The lowest BCUT2D eigenvalue weighted by Gasteiger charge is -2.34. The first kappa shape index (κ1) is 14.4. The van der Waals surface area contributed by atoms with Crippen LogP contribution in [0.1, 0.15) is 66.9 Å². The van der Waals surface area contributed by atoms with Crippen LogP contribution in [0.5, 0.6) is 0 Å². The minimum absolute atomic E-state index is 0.0673. The van der Waals surface area contributed by atoms with Crippen LogP contribution < -0.4 is 5.32 Å². The monoisotopic (exact) mass is 312 g/mol. The summed E-state index contributed by atoms with van der Waals surface area (Å²) in [6.45, 7) is 4.27. The Hall–Kier alpha value is -2.17. The molecule has 2 fully saturated rings. The van der Waals surface area contributed by atoms with Gasteiger partial charge in [-0.3, -0.25) is 19.7 Å². The largest absolute Gasteiger partial charge is 0.317 e. The third-order valence-corrected chi connectivity index (χ3v) is 5.37. The van der Waals surface area contributed by atoms with Crippen LogP contribution in [-0.4, -0.2) is 28.7 Å². The molecule has 0 bridgehead atoms. The first-order valence-electron chi connectivity index (χ1n) is 8.26. The van der Waals surface area contributed by atoms with Gasteiger partial charge in [0, 0.05) is 12.0 Å². The number of piperidine rings is 1. The molecule has 3 amide bonds. The minimum atomic E-state index is -0.530. The molecule has 2 aliphatic heterocycles. The molecule has 5 nitrogen and oxygen atoms in total. The number of rotatable bonds is 2. The van der Waals surface area contributed by atoms with Gasteiger partial charge in [-0.15, -0.1) is 0 Å². The second-order valence-corrected chi connectivity index (χ2v) is 7.13. The quantitative estimate of drug-likeness (QED) is 0.850. The first-order chi connectivity index (χ1) is 10.9. The van der Waals surface area contributed by atoms with Crippen molar-refractivity contribution in [1.29, 1.82) is 0 Å². The van der Waals surface area contributed by atoms with Crippen LogP contribution in [0.2, 0.25) is 0 Å². The average molecular weight is 312 g/mol. The Morgan fingerprint density at radius 2 is 1.96 bits per heavy atom. The van der Waals surface area contributed by atoms with Gasteiger partial charge >= 0.3 is 0 Å². The molecule has 1 saturated heterocycles. The Kier molecular flexibility index (Phi) is 2.92. The smallest absolute Gasteiger partial charge is 0.255 e. The van der Waals surface area contributed by atoms with Gasteiger partial charge in [0.25, 0.3) is 5.91 Å². The van der Waals surface area contributed by atoms with E-state index in [1.807, 2.05) is 12.1 Å². The maximum Gasteiger partial charge on any atom is 0.255 e. The molecular weight excluding hydrogens is 292 g/mol. The standard InChI is InChI=1S/C18H20N2O3/c1-10(2)11-3-4-12-13(9-11)18(7-8-18)20(17(12)23)14-5-6-15(21)19-16(14)22/h3-4,9-10,14H,5-8H2,1-2H3,(H,19,21,22). The molecule has 4 rings (SSSR count). The Morgan fingerprint density at radius 3 is 2.57 bits per heavy atom. The van der Waals surface area contributed by atoms with Crippen molar-refractivity contribution in [3.8, 4) is 0 Å². The van der Waals surface area contributed by atoms with E-state index in [0.29, 0.717) is 18.8 Å². The summed E-state index contributed by atoms with van der Waals surface area (Å²) in [5, 5.41) is 2.38. The zero-order valence-corrected chi connectivity index (χ0v) is 13.4. The lowest BCUT2D eigenvalue weighted by atomic mass is 9.94. The number of hydrogen-bond acceptors (Lipinski definition) is 3. The third kappa shape index (κ3) is 1.95. The van der Waals surface area contributed by atoms with Gasteiger partial charge < -0.3 is 4.90 Å². The van der Waals surface area contributed by atoms with Crippen LogP contribution in [0.3, 0.4) is 0 Å². The Labute approximate surface area is 135 Å². The predicted molar refractivity (Wildman–Crippen MR) is 83.8 cm³/mol. The van der Waals surface area contributed by atoms with E-state index >= 15 is 0 Å². The SMILES string of the molecule is CC(C)c1ccc2c(c1)C1(CC1)N(C1CCC(=O)NC1=O)C2=O. The van der Waals surface area contributed by atoms with Gasteiger partial charge in [-0.25, -0.2) is 0 Å². The van der Waals surface area contributed by atoms with Crippen molar-refractivity contribution in [2.24, 2.45) is 0 Å². The number of fused-ring (bicyclic) bond motifs is 2. The van der Waals surface area contributed by atoms with Gasteiger partial charge in [0.05, 0.1) is 5.54 Å². The molecule has 1 saturated carbocycles. The van der Waals surface area contributed by atoms with Crippen LogP contribution >= 0.6 is 0 Å². The number of carbonyl (C=O) groups is 3. The highest BCUT2D eigenvalue weighted by Crippen LogP contribution is 2.58. The molecule has 0 aromatic heterocycles. The molecule has 2 heterocycles. The molecule has 1 N–H and O–H groups in total. The van der Waals surface area contributed by atoms with E-state index in [1.54, 1.807) is 4.90 Å². The topological polar surface area (TPSA) is 66.5 Å². The molecule has 1 unspecified atom stereocenters. The van der Waals surface area contributed by atoms with Crippen LogP contribution in [0.25, 0.3) is 0 Å². The van der Waals surface area contributed by atoms with E-state index < -0.39 is 6.04 Å². The van der Waals surface area contributed by atoms with Gasteiger partial charge in [0.1, 0.15) is 6.04 Å². The van der Waals surface area contributed by atoms with E-state index in [4.69, 9.17) is 0 Å². The van der Waals surface area contributed by atoms with Gasteiger partial charge in [-0.2, -0.15) is 0 Å². The van der Waals surface area contributed by atoms with E-state index in [9.17, 15) is 14.4 Å². The fraction of sp³-hybridized carbons (Fsp3) is 0.500. The number of nitrogens with zero attached hydrogens (tertiary/aromatic N) is 1. The Balaban J connectivity index is 1.75. The summed E-state index contributed by atoms with van der Waals surface area (Å²) >= 11 is 0. The molecule has 3 aliphatic rings. The highest BCUT2D eigenvalue weighted by atomic mass is 16.2. The number of nitrogens with one attached hydrogen (secondary N) is 1. The maximum atomic E-state index is 12.9. The second kappa shape index (κ2) is 4.66. The molecule has 1 aromatic rings. The second-order valence-electron chi connectivity index (χ2n) is 7.13. The van der Waals surface area contributed by atoms with Crippen molar-refractivity contribution in [3.05, 3.63) is 34.9 Å². The summed E-state index contributed by atoms with van der Waals surface area (Å²) in [4.78, 5) is 38.3. The van der Waals surface area contributed by atoms with E-state index in [2.05, 4.69) is 25.2 Å². The van der Waals surface area contributed by atoms with Gasteiger partial charge in [0.15, 0.2) is 0 Å². The number of hydrogen-bond donors (Lipinski definition) is 1. The number of carbonyl (C=O) groups excluding carboxylic acids is 3. The zero-order valence-electron chi connectivity index (χ0n) is 13.4. The molecule has 1 aliphatic carbocycles. The highest BCUT2D eigenvalue weighted by Gasteiger charge is 2.61. The van der Waals surface area contributed by atoms with Gasteiger partial charge in [-0.05, 0) is 42.4 Å². The normalized spacial score (nSPS) is 25.1. The number of amides is 3. The Morgan fingerprint density at radius 1 is 1.22 bits per heavy atom. The highest BCUT2D eigenvalue weighted by molar-refractivity contribution is 6.06. The van der Waals surface area contributed by atoms with E-state index in [0.717, 1.165) is 24.0 Å². The summed E-state index contributed by atoms with van der Waals surface area (Å²) in [6.07, 6.45) is 2.50. The average Bonchev–Trinajstić information content (AvgIpc) is 3.26. The van der Waals surface area contributed by atoms with E-state index in [1.165, 1.54) is 5.56 Å². The predicted octanol–water partition coefficient (Wildman–Crippen LogP) is 2.06. The van der Waals surface area contributed by atoms with Gasteiger partial charge in [-0.1, -0.05) is 26.0 Å². The molecule has 5 heteroatoms. The fourth-order valence-electron chi connectivity index (χ4n) is 3.94. The molecule has 23 heavy (non-hydrogen) atoms.